The Morgan fingerprint density at radius 1 is 0.667 bits per heavy atom. The molecule has 0 saturated carbocycles. The maximum Gasteiger partial charge on any atom is 2.00 e. The summed E-state index contributed by atoms with van der Waals surface area (Å²) in [6.45, 7) is 0.292. The summed E-state index contributed by atoms with van der Waals surface area (Å²) in [7, 11) is 0. The molecule has 21 heavy (non-hydrogen) atoms. The van der Waals surface area contributed by atoms with Crippen LogP contribution in [0.4, 0.5) is 0 Å². The van der Waals surface area contributed by atoms with Crippen LogP contribution in [0.15, 0.2) is 0 Å². The molecule has 8 nitrogen and oxygen atoms in total. The van der Waals surface area contributed by atoms with Crippen LogP contribution < -0.4 is 10.2 Å². The second-order valence-electron chi connectivity index (χ2n) is 3.81. The van der Waals surface area contributed by atoms with Gasteiger partial charge in [-0.25, -0.2) is 0 Å². The van der Waals surface area contributed by atoms with Gasteiger partial charge in [0, 0.05) is 25.2 Å². The predicted octanol–water partition coefficient (Wildman–Crippen LogP) is -3.45. The number of aliphatic hydroxyl groups excluding tert-OH is 2. The van der Waals surface area contributed by atoms with Crippen LogP contribution in [0, 0.1) is 0 Å². The Morgan fingerprint density at radius 3 is 1.14 bits per heavy atom. The Morgan fingerprint density at radius 2 is 0.952 bits per heavy atom. The van der Waals surface area contributed by atoms with Gasteiger partial charge in [0.1, 0.15) is 0 Å². The number of aliphatic hydroxyl groups is 2. The molecule has 0 unspecified atom stereocenters. The van der Waals surface area contributed by atoms with Crippen molar-refractivity contribution in [2.45, 2.75) is 51.4 Å². The number of carboxylic acids is 2. The number of hydrogen-bond acceptors (Lipinski definition) is 6. The first kappa shape index (κ1) is 32.5. The molecule has 0 aromatic carbocycles. The zero-order valence-corrected chi connectivity index (χ0v) is 13.7. The number of carbonyl (C=O) groups is 2. The van der Waals surface area contributed by atoms with Crippen LogP contribution in [-0.4, -0.2) is 69.4 Å². The minimum Gasteiger partial charge on any atom is -0.550 e. The summed E-state index contributed by atoms with van der Waals surface area (Å²) in [6.07, 6.45) is 4.36. The SMILES string of the molecule is O.O.O=C([O-])CCCCCO.O=C([O-])CCCCCO.[Mg+2]. The third-order valence-corrected chi connectivity index (χ3v) is 2.08. The fraction of sp³-hybridized carbons (Fsp3) is 0.833. The third-order valence-electron chi connectivity index (χ3n) is 2.08. The topological polar surface area (TPSA) is 184 Å². The maximum absolute atomic E-state index is 9.79. The van der Waals surface area contributed by atoms with Gasteiger partial charge in [-0.05, 0) is 38.5 Å². The Kier molecular flexibility index (Phi) is 43.0. The van der Waals surface area contributed by atoms with Crippen molar-refractivity contribution >= 4 is 35.0 Å². The van der Waals surface area contributed by atoms with Crippen LogP contribution in [0.5, 0.6) is 0 Å². The normalized spacial score (nSPS) is 8.10. The fourth-order valence-corrected chi connectivity index (χ4v) is 1.12. The van der Waals surface area contributed by atoms with E-state index in [4.69, 9.17) is 10.2 Å². The molecule has 0 rings (SSSR count). The Labute approximate surface area is 140 Å². The van der Waals surface area contributed by atoms with E-state index in [1.165, 1.54) is 0 Å². The molecule has 0 aliphatic heterocycles. The molecule has 0 aromatic rings. The molecule has 0 aliphatic carbocycles. The molecule has 124 valence electrons. The van der Waals surface area contributed by atoms with Crippen LogP contribution >= 0.6 is 0 Å². The van der Waals surface area contributed by atoms with Crippen LogP contribution in [0.25, 0.3) is 0 Å². The molecule has 0 atom stereocenters. The van der Waals surface area contributed by atoms with Gasteiger partial charge in [0.2, 0.25) is 0 Å². The van der Waals surface area contributed by atoms with Crippen molar-refractivity contribution in [1.82, 2.24) is 0 Å². The van der Waals surface area contributed by atoms with Crippen molar-refractivity contribution < 1.29 is 41.0 Å². The summed E-state index contributed by atoms with van der Waals surface area (Å²) >= 11 is 0. The first-order chi connectivity index (χ1) is 8.54. The minimum absolute atomic E-state index is 0. The third kappa shape index (κ3) is 45.1. The van der Waals surface area contributed by atoms with E-state index in [2.05, 4.69) is 0 Å². The molecule has 0 aliphatic rings. The van der Waals surface area contributed by atoms with Crippen molar-refractivity contribution in [1.29, 1.82) is 0 Å². The quantitative estimate of drug-likeness (QED) is 0.311. The van der Waals surface area contributed by atoms with Crippen molar-refractivity contribution in [3.8, 4) is 0 Å². The molecule has 9 heteroatoms. The van der Waals surface area contributed by atoms with Crippen LogP contribution in [0.3, 0.4) is 0 Å². The number of hydrogen-bond donors (Lipinski definition) is 2. The van der Waals surface area contributed by atoms with Crippen LogP contribution in [0.1, 0.15) is 51.4 Å². The summed E-state index contributed by atoms with van der Waals surface area (Å²) in [4.78, 5) is 19.6. The standard InChI is InChI=1S/2C6H12O3.Mg.2H2O/c2*7-5-3-1-2-4-6(8)9;;;/h2*7H,1-5H2,(H,8,9);;2*1H2/q;;+2;;/p-2. The van der Waals surface area contributed by atoms with Gasteiger partial charge >= 0.3 is 23.1 Å². The molecule has 0 radical (unpaired) electrons. The number of carboxylic acid groups (broad SMARTS) is 2. The van der Waals surface area contributed by atoms with E-state index in [9.17, 15) is 19.8 Å². The van der Waals surface area contributed by atoms with Crippen LogP contribution in [-0.2, 0) is 9.59 Å². The predicted molar refractivity (Wildman–Crippen MR) is 74.1 cm³/mol. The van der Waals surface area contributed by atoms with E-state index in [0.717, 1.165) is 12.8 Å². The minimum atomic E-state index is -1.01. The zero-order valence-electron chi connectivity index (χ0n) is 12.3. The smallest absolute Gasteiger partial charge is 0.550 e. The first-order valence-corrected chi connectivity index (χ1v) is 6.16. The number of unbranched alkanes of at least 4 members (excludes halogenated alkanes) is 4. The van der Waals surface area contributed by atoms with E-state index in [1.807, 2.05) is 0 Å². The number of rotatable bonds is 10. The molecule has 0 saturated heterocycles. The van der Waals surface area contributed by atoms with Crippen molar-refractivity contribution in [3.05, 3.63) is 0 Å². The van der Waals surface area contributed by atoms with Crippen molar-refractivity contribution in [3.63, 3.8) is 0 Å². The van der Waals surface area contributed by atoms with Gasteiger partial charge in [0.05, 0.1) is 0 Å². The monoisotopic (exact) mass is 322 g/mol. The van der Waals surface area contributed by atoms with E-state index in [-0.39, 0.29) is 60.1 Å². The van der Waals surface area contributed by atoms with Gasteiger partial charge < -0.3 is 41.0 Å². The van der Waals surface area contributed by atoms with Crippen molar-refractivity contribution in [2.24, 2.45) is 0 Å². The molecule has 6 N–H and O–H groups in total. The van der Waals surface area contributed by atoms with Gasteiger partial charge in [0.15, 0.2) is 0 Å². The Balaban J connectivity index is -0.0000000711. The number of aliphatic carboxylic acids is 2. The second-order valence-corrected chi connectivity index (χ2v) is 3.81. The van der Waals surface area contributed by atoms with Crippen LogP contribution in [0.2, 0.25) is 0 Å². The average molecular weight is 323 g/mol. The van der Waals surface area contributed by atoms with E-state index in [0.29, 0.717) is 25.7 Å². The van der Waals surface area contributed by atoms with Crippen molar-refractivity contribution in [2.75, 3.05) is 13.2 Å². The van der Waals surface area contributed by atoms with Gasteiger partial charge in [0.25, 0.3) is 0 Å². The summed E-state index contributed by atoms with van der Waals surface area (Å²) in [5.41, 5.74) is 0. The second kappa shape index (κ2) is 27.8. The van der Waals surface area contributed by atoms with Gasteiger partial charge in [-0.15, -0.1) is 0 Å². The number of carbonyl (C=O) groups excluding carboxylic acids is 2. The average Bonchev–Trinajstić information content (AvgIpc) is 2.31. The fourth-order valence-electron chi connectivity index (χ4n) is 1.12. The first-order valence-electron chi connectivity index (χ1n) is 6.16. The molecule has 0 bridgehead atoms. The molecule has 0 fully saturated rings. The van der Waals surface area contributed by atoms with Gasteiger partial charge in [-0.1, -0.05) is 12.8 Å². The molecular formula is C12H26MgO8. The van der Waals surface area contributed by atoms with Gasteiger partial charge in [-0.2, -0.15) is 0 Å². The molecular weight excluding hydrogens is 296 g/mol. The molecule has 0 spiro atoms. The maximum atomic E-state index is 9.79. The van der Waals surface area contributed by atoms with E-state index < -0.39 is 11.9 Å². The van der Waals surface area contributed by atoms with E-state index >= 15 is 0 Å². The molecule has 0 amide bonds. The summed E-state index contributed by atoms with van der Waals surface area (Å²) in [5.74, 6) is -2.01. The Hall–Kier alpha value is -0.454. The largest absolute Gasteiger partial charge is 2.00 e. The summed E-state index contributed by atoms with van der Waals surface area (Å²) in [6, 6.07) is 0. The zero-order chi connectivity index (χ0) is 14.2. The molecule has 0 heterocycles. The molecule has 0 aromatic heterocycles. The Bertz CT molecular complexity index is 191. The summed E-state index contributed by atoms with van der Waals surface area (Å²) < 4.78 is 0. The summed E-state index contributed by atoms with van der Waals surface area (Å²) in [5, 5.41) is 36.1. The van der Waals surface area contributed by atoms with E-state index in [1.54, 1.807) is 0 Å². The van der Waals surface area contributed by atoms with Gasteiger partial charge in [-0.3, -0.25) is 0 Å².